The van der Waals surface area contributed by atoms with Gasteiger partial charge in [0.05, 0.1) is 36.0 Å². The highest BCUT2D eigenvalue weighted by atomic mass is 35.5. The first-order valence-electron chi connectivity index (χ1n) is 14.0. The van der Waals surface area contributed by atoms with Crippen molar-refractivity contribution < 1.29 is 34.2 Å². The Labute approximate surface area is 251 Å². The highest BCUT2D eigenvalue weighted by Crippen LogP contribution is 2.65. The summed E-state index contributed by atoms with van der Waals surface area (Å²) in [5.41, 5.74) is 0.382. The molecule has 2 saturated heterocycles. The fourth-order valence-corrected chi connectivity index (χ4v) is 8.19. The Bertz CT molecular complexity index is 1740. The Morgan fingerprint density at radius 1 is 0.907 bits per heavy atom. The van der Waals surface area contributed by atoms with E-state index in [9.17, 15) is 24.7 Å². The van der Waals surface area contributed by atoms with Gasteiger partial charge in [-0.1, -0.05) is 71.8 Å². The molecule has 1 saturated carbocycles. The van der Waals surface area contributed by atoms with E-state index in [1.54, 1.807) is 66.7 Å². The lowest BCUT2D eigenvalue weighted by Crippen LogP contribution is -2.53. The molecule has 10 heteroatoms. The normalized spacial score (nSPS) is 29.7. The number of hydroxylamine groups is 2. The van der Waals surface area contributed by atoms with Crippen LogP contribution >= 0.6 is 11.6 Å². The maximum Gasteiger partial charge on any atom is 0.257 e. The van der Waals surface area contributed by atoms with Crippen molar-refractivity contribution in [2.75, 3.05) is 12.0 Å². The summed E-state index contributed by atoms with van der Waals surface area (Å²) in [6.45, 7) is 0. The SMILES string of the molecule is COc1cccc([C@H]2C3=CC[C@@H]4C(=O)N(O)C(=O)[C@@H]4[C@@H]3C[C@H]3C(=O)N(c4cccc(Cl)c4)C(=O)[C@@]23c2ccccc2)c1O. The highest BCUT2D eigenvalue weighted by molar-refractivity contribution is 6.32. The van der Waals surface area contributed by atoms with E-state index >= 15 is 4.79 Å². The first kappa shape index (κ1) is 27.4. The van der Waals surface area contributed by atoms with Gasteiger partial charge in [0.1, 0.15) is 0 Å². The summed E-state index contributed by atoms with van der Waals surface area (Å²) in [5.74, 6) is -6.60. The number of phenols is 1. The third-order valence-electron chi connectivity index (χ3n) is 9.70. The smallest absolute Gasteiger partial charge is 0.257 e. The molecule has 4 aliphatic rings. The van der Waals surface area contributed by atoms with Crippen molar-refractivity contribution in [1.29, 1.82) is 0 Å². The van der Waals surface area contributed by atoms with Crippen LogP contribution in [-0.4, -0.2) is 46.1 Å². The molecular weight excluding hydrogens is 572 g/mol. The number of ether oxygens (including phenoxy) is 1. The fraction of sp³-hybridized carbons (Fsp3) is 0.273. The largest absolute Gasteiger partial charge is 0.504 e. The molecule has 4 amide bonds. The zero-order chi connectivity index (χ0) is 30.2. The van der Waals surface area contributed by atoms with E-state index in [0.717, 1.165) is 4.90 Å². The zero-order valence-corrected chi connectivity index (χ0v) is 23.8. The van der Waals surface area contributed by atoms with Gasteiger partial charge < -0.3 is 9.84 Å². The van der Waals surface area contributed by atoms with E-state index in [1.807, 2.05) is 12.1 Å². The number of rotatable bonds is 4. The summed E-state index contributed by atoms with van der Waals surface area (Å²) < 4.78 is 5.44. The van der Waals surface area contributed by atoms with E-state index in [0.29, 0.717) is 27.4 Å². The quantitative estimate of drug-likeness (QED) is 0.255. The lowest BCUT2D eigenvalue weighted by Gasteiger charge is -2.50. The van der Waals surface area contributed by atoms with E-state index in [1.165, 1.54) is 7.11 Å². The number of nitrogens with zero attached hydrogens (tertiary/aromatic N) is 2. The molecule has 7 rings (SSSR count). The van der Waals surface area contributed by atoms with Crippen molar-refractivity contribution in [2.24, 2.45) is 23.7 Å². The Balaban J connectivity index is 1.54. The molecule has 2 N–H and O–H groups in total. The van der Waals surface area contributed by atoms with Crippen molar-refractivity contribution in [3.63, 3.8) is 0 Å². The molecule has 0 unspecified atom stereocenters. The van der Waals surface area contributed by atoms with E-state index in [4.69, 9.17) is 16.3 Å². The highest BCUT2D eigenvalue weighted by Gasteiger charge is 2.70. The van der Waals surface area contributed by atoms with Crippen LogP contribution < -0.4 is 9.64 Å². The molecule has 3 fully saturated rings. The summed E-state index contributed by atoms with van der Waals surface area (Å²) >= 11 is 6.30. The first-order chi connectivity index (χ1) is 20.7. The second-order valence-electron chi connectivity index (χ2n) is 11.5. The van der Waals surface area contributed by atoms with Crippen LogP contribution in [0.15, 0.2) is 84.4 Å². The van der Waals surface area contributed by atoms with Crippen LogP contribution in [0.3, 0.4) is 0 Å². The van der Waals surface area contributed by atoms with Crippen LogP contribution in [-0.2, 0) is 24.6 Å². The van der Waals surface area contributed by atoms with Crippen LogP contribution in [0.25, 0.3) is 0 Å². The van der Waals surface area contributed by atoms with Crippen LogP contribution in [0.1, 0.15) is 29.9 Å². The van der Waals surface area contributed by atoms with Crippen LogP contribution in [0.4, 0.5) is 5.69 Å². The fourth-order valence-electron chi connectivity index (χ4n) is 8.01. The predicted molar refractivity (Wildman–Crippen MR) is 154 cm³/mol. The number of carbonyl (C=O) groups is 4. The molecule has 2 aliphatic heterocycles. The van der Waals surface area contributed by atoms with Crippen LogP contribution in [0.2, 0.25) is 5.02 Å². The number of imide groups is 2. The van der Waals surface area contributed by atoms with Crippen LogP contribution in [0.5, 0.6) is 11.5 Å². The Kier molecular flexibility index (Phi) is 6.23. The van der Waals surface area contributed by atoms with Crippen molar-refractivity contribution >= 4 is 40.9 Å². The molecule has 2 heterocycles. The number of hydrogen-bond donors (Lipinski definition) is 2. The number of amides is 4. The molecule has 0 radical (unpaired) electrons. The van der Waals surface area contributed by atoms with E-state index in [-0.39, 0.29) is 29.4 Å². The minimum absolute atomic E-state index is 0.0810. The number of methoxy groups -OCH3 is 1. The topological polar surface area (TPSA) is 124 Å². The monoisotopic (exact) mass is 598 g/mol. The number of para-hydroxylation sites is 1. The van der Waals surface area contributed by atoms with Crippen molar-refractivity contribution in [1.82, 2.24) is 5.06 Å². The van der Waals surface area contributed by atoms with Gasteiger partial charge in [-0.25, -0.2) is 4.90 Å². The van der Waals surface area contributed by atoms with Gasteiger partial charge in [0.15, 0.2) is 11.5 Å². The van der Waals surface area contributed by atoms with Gasteiger partial charge in [0.2, 0.25) is 11.8 Å². The van der Waals surface area contributed by atoms with Gasteiger partial charge in [-0.05, 0) is 48.6 Å². The second kappa shape index (κ2) is 9.79. The predicted octanol–water partition coefficient (Wildman–Crippen LogP) is 4.61. The molecule has 218 valence electrons. The number of phenolic OH excluding ortho intramolecular Hbond substituents is 1. The summed E-state index contributed by atoms with van der Waals surface area (Å²) in [4.78, 5) is 56.9. The summed E-state index contributed by atoms with van der Waals surface area (Å²) in [5, 5.41) is 22.4. The van der Waals surface area contributed by atoms with Crippen LogP contribution in [0, 0.1) is 23.7 Å². The van der Waals surface area contributed by atoms with Crippen molar-refractivity contribution in [3.8, 4) is 11.5 Å². The summed E-state index contributed by atoms with van der Waals surface area (Å²) in [7, 11) is 1.42. The third kappa shape index (κ3) is 3.61. The van der Waals surface area contributed by atoms with Gasteiger partial charge in [-0.3, -0.25) is 24.4 Å². The van der Waals surface area contributed by atoms with Gasteiger partial charge in [-0.15, -0.1) is 0 Å². The molecule has 3 aromatic carbocycles. The lowest BCUT2D eigenvalue weighted by molar-refractivity contribution is -0.173. The second-order valence-corrected chi connectivity index (χ2v) is 11.9. The summed E-state index contributed by atoms with van der Waals surface area (Å²) in [6, 6.07) is 20.5. The Hall–Kier alpha value is -4.47. The molecular formula is C33H27ClN2O7. The maximum atomic E-state index is 15.1. The number of allylic oxidation sites excluding steroid dienone is 2. The third-order valence-corrected chi connectivity index (χ3v) is 9.94. The van der Waals surface area contributed by atoms with Gasteiger partial charge in [0, 0.05) is 16.5 Å². The van der Waals surface area contributed by atoms with Crippen molar-refractivity contribution in [2.45, 2.75) is 24.2 Å². The molecule has 0 bridgehead atoms. The first-order valence-corrected chi connectivity index (χ1v) is 14.4. The maximum absolute atomic E-state index is 15.1. The number of anilines is 1. The number of carbonyl (C=O) groups excluding carboxylic acids is 4. The number of fused-ring (bicyclic) bond motifs is 4. The average Bonchev–Trinajstić information content (AvgIpc) is 3.38. The molecule has 2 aliphatic carbocycles. The molecule has 0 aromatic heterocycles. The zero-order valence-electron chi connectivity index (χ0n) is 23.0. The van der Waals surface area contributed by atoms with E-state index in [2.05, 4.69) is 0 Å². The minimum atomic E-state index is -1.52. The lowest BCUT2D eigenvalue weighted by atomic mass is 9.49. The standard InChI is InChI=1S/C33H27ClN2O7/c1-43-25-12-6-11-22(28(25)37)27-20-13-14-21-26(31(40)36(42)29(21)38)23(20)16-24-30(39)35(19-10-5-9-18(34)15-19)32(41)33(24,27)17-7-3-2-4-8-17/h2-13,15,21,23-24,26-27,37,42H,14,16H2,1H3/t21-,23+,24-,26-,27+,33+/m0/s1. The number of aromatic hydroxyl groups is 1. The van der Waals surface area contributed by atoms with E-state index < -0.39 is 58.6 Å². The Morgan fingerprint density at radius 3 is 2.37 bits per heavy atom. The van der Waals surface area contributed by atoms with Gasteiger partial charge >= 0.3 is 0 Å². The molecule has 9 nitrogen and oxygen atoms in total. The molecule has 43 heavy (non-hydrogen) atoms. The summed E-state index contributed by atoms with van der Waals surface area (Å²) in [6.07, 6.45) is 2.09. The van der Waals surface area contributed by atoms with Gasteiger partial charge in [-0.2, -0.15) is 5.06 Å². The number of benzene rings is 3. The number of hydrogen-bond acceptors (Lipinski definition) is 7. The average molecular weight is 599 g/mol. The van der Waals surface area contributed by atoms with Crippen molar-refractivity contribution in [3.05, 3.63) is 101 Å². The number of halogens is 1. The Morgan fingerprint density at radius 2 is 1.65 bits per heavy atom. The van der Waals surface area contributed by atoms with Gasteiger partial charge in [0.25, 0.3) is 11.8 Å². The molecule has 3 aromatic rings. The molecule has 6 atom stereocenters. The minimum Gasteiger partial charge on any atom is -0.504 e. The molecule has 0 spiro atoms.